The van der Waals surface area contributed by atoms with Gasteiger partial charge in [0.05, 0.1) is 0 Å². The summed E-state index contributed by atoms with van der Waals surface area (Å²) < 4.78 is 0. The molecule has 0 aromatic heterocycles. The maximum absolute atomic E-state index is 9.18. The Labute approximate surface area is 134 Å². The van der Waals surface area contributed by atoms with Gasteiger partial charge in [-0.15, -0.1) is 0 Å². The Bertz CT molecular complexity index is 233. The van der Waals surface area contributed by atoms with E-state index in [1.807, 2.05) is 0 Å². The zero-order chi connectivity index (χ0) is 17.1. The van der Waals surface area contributed by atoms with Gasteiger partial charge in [0.25, 0.3) is 23.9 Å². The molecule has 21 heavy (non-hydrogen) atoms. The first-order valence-electron chi connectivity index (χ1n) is 4.54. The van der Waals surface area contributed by atoms with Crippen LogP contribution in [0, 0.1) is 0 Å². The molecule has 13 heteroatoms. The summed E-state index contributed by atoms with van der Waals surface area (Å²) in [5.74, 6) is -4.31. The molecule has 0 aromatic rings. The quantitative estimate of drug-likeness (QED) is 0.430. The minimum absolute atomic E-state index is 0. The number of hydrogen-bond donors (Lipinski definition) is 4. The molecular formula is C8H16N4O8Pt. The van der Waals surface area contributed by atoms with Crippen molar-refractivity contribution >= 4 is 23.9 Å². The van der Waals surface area contributed by atoms with Crippen LogP contribution in [-0.4, -0.2) is 70.5 Å². The average Bonchev–Trinajstić information content (AvgIpc) is 2.40. The zero-order valence-electron chi connectivity index (χ0n) is 10.6. The van der Waals surface area contributed by atoms with Crippen LogP contribution < -0.4 is 0 Å². The van der Waals surface area contributed by atoms with Gasteiger partial charge in [-0.25, -0.2) is 0 Å². The number of carboxylic acids is 4. The first-order valence-corrected chi connectivity index (χ1v) is 4.54. The Morgan fingerprint density at radius 3 is 0.571 bits per heavy atom. The third kappa shape index (κ3) is 121. The summed E-state index contributed by atoms with van der Waals surface area (Å²) >= 11 is 0. The average molecular weight is 491 g/mol. The van der Waals surface area contributed by atoms with Gasteiger partial charge in [0.15, 0.2) is 0 Å². The van der Waals surface area contributed by atoms with E-state index in [1.165, 1.54) is 0 Å². The van der Waals surface area contributed by atoms with E-state index >= 15 is 0 Å². The standard InChI is InChI=1S/4C2H4NO2.Pt/c4*3-1-2(4)5;/h4*3H,1H2,(H,4,5);/q4*-1;+4. The molecule has 0 atom stereocenters. The summed E-state index contributed by atoms with van der Waals surface area (Å²) in [4.78, 5) is 36.7. The normalized spacial score (nSPS) is 7.05. The van der Waals surface area contributed by atoms with Crippen LogP contribution >= 0.6 is 0 Å². The van der Waals surface area contributed by atoms with E-state index in [-0.39, 0.29) is 21.1 Å². The van der Waals surface area contributed by atoms with Crippen LogP contribution in [0.2, 0.25) is 0 Å². The largest absolute Gasteiger partial charge is 4.00 e. The fraction of sp³-hybridized carbons (Fsp3) is 0.500. The van der Waals surface area contributed by atoms with Crippen molar-refractivity contribution in [1.82, 2.24) is 0 Å². The molecule has 0 amide bonds. The smallest absolute Gasteiger partial charge is 0.668 e. The Kier molecular flexibility index (Phi) is 40.5. The SMILES string of the molecule is [NH-]CC(=O)O.[NH-]CC(=O)O.[NH-]CC(=O)O.[NH-]CC(=O)O.[Pt+4]. The summed E-state index contributed by atoms with van der Waals surface area (Å²) in [5, 5.41) is 30.1. The second-order valence-electron chi connectivity index (χ2n) is 2.28. The Morgan fingerprint density at radius 2 is 0.571 bits per heavy atom. The van der Waals surface area contributed by atoms with Crippen molar-refractivity contribution in [1.29, 1.82) is 0 Å². The Morgan fingerprint density at radius 1 is 0.524 bits per heavy atom. The van der Waals surface area contributed by atoms with Gasteiger partial charge in [-0.3, -0.25) is 19.2 Å². The van der Waals surface area contributed by atoms with Gasteiger partial charge >= 0.3 is 21.1 Å². The van der Waals surface area contributed by atoms with Crippen molar-refractivity contribution < 1.29 is 60.7 Å². The van der Waals surface area contributed by atoms with Crippen LogP contribution in [0.15, 0.2) is 0 Å². The predicted molar refractivity (Wildman–Crippen MR) is 67.3 cm³/mol. The zero-order valence-corrected chi connectivity index (χ0v) is 12.8. The molecule has 0 saturated carbocycles. The van der Waals surface area contributed by atoms with E-state index in [2.05, 4.69) is 0 Å². The van der Waals surface area contributed by atoms with E-state index in [0.29, 0.717) is 0 Å². The van der Waals surface area contributed by atoms with E-state index in [1.54, 1.807) is 0 Å². The molecule has 0 rings (SSSR count). The monoisotopic (exact) mass is 491 g/mol. The van der Waals surface area contributed by atoms with Crippen LogP contribution in [0.1, 0.15) is 0 Å². The molecule has 0 saturated heterocycles. The summed E-state index contributed by atoms with van der Waals surface area (Å²) in [7, 11) is 0. The molecular weight excluding hydrogens is 475 g/mol. The summed E-state index contributed by atoms with van der Waals surface area (Å²) in [5.41, 5.74) is 24.2. The number of carbonyl (C=O) groups is 4. The van der Waals surface area contributed by atoms with Gasteiger partial charge < -0.3 is 43.4 Å². The minimum Gasteiger partial charge on any atom is -0.668 e. The predicted octanol–water partition coefficient (Wildman–Crippen LogP) is 0.490. The van der Waals surface area contributed by atoms with Crippen LogP contribution in [0.3, 0.4) is 0 Å². The Balaban J connectivity index is -0.0000000533. The third-order valence-electron chi connectivity index (χ3n) is 0.605. The number of carboxylic acid groups (broad SMARTS) is 4. The van der Waals surface area contributed by atoms with Gasteiger partial charge in [-0.2, -0.15) is 0 Å². The summed E-state index contributed by atoms with van der Waals surface area (Å²) in [6.45, 7) is -2.11. The third-order valence-corrected chi connectivity index (χ3v) is 0.605. The second kappa shape index (κ2) is 26.9. The Hall–Kier alpha value is -1.59. The summed E-state index contributed by atoms with van der Waals surface area (Å²) in [6, 6.07) is 0. The van der Waals surface area contributed by atoms with Crippen molar-refractivity contribution in [2.45, 2.75) is 0 Å². The van der Waals surface area contributed by atoms with Crippen LogP contribution in [0.4, 0.5) is 0 Å². The van der Waals surface area contributed by atoms with Crippen molar-refractivity contribution in [3.63, 3.8) is 0 Å². The van der Waals surface area contributed by atoms with Gasteiger partial charge in [-0.05, 0) is 0 Å². The van der Waals surface area contributed by atoms with Gasteiger partial charge in [0.1, 0.15) is 0 Å². The van der Waals surface area contributed by atoms with E-state index in [9.17, 15) is 19.2 Å². The van der Waals surface area contributed by atoms with E-state index < -0.39 is 50.1 Å². The fourth-order valence-electron chi connectivity index (χ4n) is 0. The molecule has 0 fully saturated rings. The fourth-order valence-corrected chi connectivity index (χ4v) is 0. The molecule has 0 aliphatic heterocycles. The molecule has 8 N–H and O–H groups in total. The molecule has 0 unspecified atom stereocenters. The molecule has 0 aromatic carbocycles. The number of aliphatic carboxylic acids is 4. The van der Waals surface area contributed by atoms with E-state index in [4.69, 9.17) is 43.4 Å². The van der Waals surface area contributed by atoms with E-state index in [0.717, 1.165) is 0 Å². The number of rotatable bonds is 4. The molecule has 0 aliphatic carbocycles. The van der Waals surface area contributed by atoms with Crippen molar-refractivity contribution in [3.05, 3.63) is 22.9 Å². The number of nitrogens with one attached hydrogen (secondary N) is 4. The summed E-state index contributed by atoms with van der Waals surface area (Å²) in [6.07, 6.45) is 0. The van der Waals surface area contributed by atoms with Crippen LogP contribution in [-0.2, 0) is 40.2 Å². The molecule has 0 aliphatic rings. The maximum atomic E-state index is 9.18. The van der Waals surface area contributed by atoms with Gasteiger partial charge in [0.2, 0.25) is 0 Å². The molecule has 0 spiro atoms. The van der Waals surface area contributed by atoms with Crippen molar-refractivity contribution in [3.8, 4) is 0 Å². The van der Waals surface area contributed by atoms with Crippen molar-refractivity contribution in [2.24, 2.45) is 0 Å². The van der Waals surface area contributed by atoms with Gasteiger partial charge in [0, 0.05) is 0 Å². The molecule has 0 heterocycles. The first-order chi connectivity index (χ1) is 9.08. The first kappa shape index (κ1) is 31.7. The molecule has 0 bridgehead atoms. The molecule has 126 valence electrons. The molecule has 0 radical (unpaired) electrons. The molecule has 12 nitrogen and oxygen atoms in total. The van der Waals surface area contributed by atoms with Crippen LogP contribution in [0.5, 0.6) is 0 Å². The number of hydrogen-bond acceptors (Lipinski definition) is 4. The van der Waals surface area contributed by atoms with Gasteiger partial charge in [-0.1, -0.05) is 26.2 Å². The van der Waals surface area contributed by atoms with Crippen molar-refractivity contribution in [2.75, 3.05) is 26.2 Å². The maximum Gasteiger partial charge on any atom is 4.00 e. The topological polar surface area (TPSA) is 244 Å². The van der Waals surface area contributed by atoms with Crippen LogP contribution in [0.25, 0.3) is 22.9 Å². The minimum atomic E-state index is -1.08. The second-order valence-corrected chi connectivity index (χ2v) is 2.28.